The predicted octanol–water partition coefficient (Wildman–Crippen LogP) is 3.29. The van der Waals surface area contributed by atoms with E-state index >= 15 is 0 Å². The van der Waals surface area contributed by atoms with E-state index in [2.05, 4.69) is 0 Å². The number of hydrogen-bond donors (Lipinski definition) is 10. The molecule has 6 aromatic rings. The highest BCUT2D eigenvalue weighted by Crippen LogP contribution is 2.57. The van der Waals surface area contributed by atoms with Gasteiger partial charge in [-0.05, 0) is 26.0 Å². The van der Waals surface area contributed by atoms with Crippen LogP contribution in [0, 0.1) is 0 Å². The molecule has 0 unspecified atom stereocenters. The molecule has 0 spiro atoms. The fourth-order valence-corrected chi connectivity index (χ4v) is 5.61. The molecule has 0 radical (unpaired) electrons. The lowest BCUT2D eigenvalue weighted by Crippen LogP contribution is -2.11. The normalized spacial score (nSPS) is 11.6. The molecule has 2 aromatic heterocycles. The summed E-state index contributed by atoms with van der Waals surface area (Å²) in [6.07, 6.45) is 0. The summed E-state index contributed by atoms with van der Waals surface area (Å²) in [4.78, 5) is 52.2. The van der Waals surface area contributed by atoms with Crippen LogP contribution in [0.25, 0.3) is 55.0 Å². The minimum atomic E-state index is -1.49. The lowest BCUT2D eigenvalue weighted by molar-refractivity contribution is 0.100. The predicted molar refractivity (Wildman–Crippen MR) is 155 cm³/mol. The maximum Gasteiger partial charge on any atom is 0.345 e. The summed E-state index contributed by atoms with van der Waals surface area (Å²) in [6.45, 7) is 1.92. The molecule has 0 aliphatic carbocycles. The second-order valence-corrected chi connectivity index (χ2v) is 10.2. The summed E-state index contributed by atoms with van der Waals surface area (Å²) in [5.41, 5.74) is -9.34. The van der Waals surface area contributed by atoms with Gasteiger partial charge in [0.05, 0.1) is 10.8 Å². The minimum absolute atomic E-state index is 0.588. The topological polar surface area (TPSA) is 297 Å². The summed E-state index contributed by atoms with van der Waals surface area (Å²) < 4.78 is 10.5. The second-order valence-electron chi connectivity index (χ2n) is 10.2. The van der Waals surface area contributed by atoms with Gasteiger partial charge in [-0.2, -0.15) is 0 Å². The van der Waals surface area contributed by atoms with Crippen molar-refractivity contribution >= 4 is 44.3 Å². The van der Waals surface area contributed by atoms with Crippen molar-refractivity contribution in [2.45, 2.75) is 13.8 Å². The van der Waals surface area contributed by atoms with Crippen LogP contribution in [0.15, 0.2) is 30.6 Å². The summed E-state index contributed by atoms with van der Waals surface area (Å²) in [5, 5.41) is 103. The Morgan fingerprint density at radius 2 is 0.761 bits per heavy atom. The first kappa shape index (κ1) is 29.2. The van der Waals surface area contributed by atoms with Gasteiger partial charge < -0.3 is 59.9 Å². The smallest absolute Gasteiger partial charge is 0.345 e. The zero-order chi connectivity index (χ0) is 33.8. The van der Waals surface area contributed by atoms with Crippen molar-refractivity contribution in [1.29, 1.82) is 0 Å². The van der Waals surface area contributed by atoms with E-state index in [9.17, 15) is 70.2 Å². The van der Waals surface area contributed by atoms with Gasteiger partial charge in [0.25, 0.3) is 0 Å². The Bertz CT molecular complexity index is 2340. The highest BCUT2D eigenvalue weighted by molar-refractivity contribution is 6.29. The van der Waals surface area contributed by atoms with Gasteiger partial charge in [0.1, 0.15) is 0 Å². The van der Waals surface area contributed by atoms with Gasteiger partial charge in [0.15, 0.2) is 57.2 Å². The molecule has 0 saturated heterocycles. The highest BCUT2D eigenvalue weighted by atomic mass is 16.4. The van der Waals surface area contributed by atoms with Gasteiger partial charge in [-0.25, -0.2) is 9.59 Å². The van der Waals surface area contributed by atoms with Gasteiger partial charge in [-0.1, -0.05) is 0 Å². The van der Waals surface area contributed by atoms with Crippen LogP contribution in [0.2, 0.25) is 0 Å². The summed E-state index contributed by atoms with van der Waals surface area (Å²) in [5.74, 6) is -13.7. The molecule has 234 valence electrons. The first-order valence-corrected chi connectivity index (χ1v) is 12.8. The van der Waals surface area contributed by atoms with Crippen molar-refractivity contribution in [2.75, 3.05) is 0 Å². The van der Waals surface area contributed by atoms with Crippen LogP contribution in [0.3, 0.4) is 0 Å². The number of aromatic hydroxyl groups is 10. The van der Waals surface area contributed by atoms with Crippen molar-refractivity contribution in [2.24, 2.45) is 0 Å². The monoisotopic (exact) mass is 634 g/mol. The van der Waals surface area contributed by atoms with E-state index in [1.54, 1.807) is 0 Å². The third-order valence-corrected chi connectivity index (χ3v) is 7.62. The number of phenolic OH excluding ortho intramolecular Hbond substituents is 10. The Balaban J connectivity index is 1.97. The van der Waals surface area contributed by atoms with Crippen LogP contribution in [0.4, 0.5) is 0 Å². The maximum atomic E-state index is 13.5. The molecule has 2 heterocycles. The Morgan fingerprint density at radius 1 is 0.457 bits per heavy atom. The molecule has 10 N–H and O–H groups in total. The molecule has 0 aliphatic heterocycles. The van der Waals surface area contributed by atoms with E-state index in [4.69, 9.17) is 8.83 Å². The van der Waals surface area contributed by atoms with Crippen LogP contribution < -0.4 is 11.3 Å². The van der Waals surface area contributed by atoms with E-state index in [0.29, 0.717) is 12.1 Å². The molecule has 0 atom stereocenters. The number of Topliss-reactive ketones (excluding diaryl/α,β-unsaturated/α-hetero) is 2. The van der Waals surface area contributed by atoms with Crippen LogP contribution in [0.1, 0.15) is 34.6 Å². The molecule has 0 bridgehead atoms. The number of rotatable bonds is 4. The molecule has 0 amide bonds. The fraction of sp³-hybridized carbons (Fsp3) is 0.0667. The highest BCUT2D eigenvalue weighted by Gasteiger charge is 2.36. The number of benzene rings is 4. The largest absolute Gasteiger partial charge is 0.504 e. The maximum absolute atomic E-state index is 13.5. The molecular formula is C30H18O16. The van der Waals surface area contributed by atoms with Crippen LogP contribution in [-0.4, -0.2) is 62.6 Å². The average Bonchev–Trinajstić information content (AvgIpc) is 2.99. The third kappa shape index (κ3) is 3.54. The number of phenols is 10. The zero-order valence-corrected chi connectivity index (χ0v) is 23.1. The molecular weight excluding hydrogens is 616 g/mol. The van der Waals surface area contributed by atoms with E-state index in [1.165, 1.54) is 0 Å². The molecule has 4 aromatic carbocycles. The Labute approximate surface area is 251 Å². The molecule has 0 fully saturated rings. The van der Waals surface area contributed by atoms with E-state index < -0.39 is 146 Å². The third-order valence-electron chi connectivity index (χ3n) is 7.62. The summed E-state index contributed by atoms with van der Waals surface area (Å²) in [6, 6.07) is 1.38. The van der Waals surface area contributed by atoms with Crippen molar-refractivity contribution in [3.63, 3.8) is 0 Å². The Kier molecular flexibility index (Phi) is 5.93. The number of carbonyl (C=O) groups is 2. The number of hydrogen-bond acceptors (Lipinski definition) is 16. The molecule has 0 saturated carbocycles. The van der Waals surface area contributed by atoms with Crippen molar-refractivity contribution in [3.05, 3.63) is 44.1 Å². The van der Waals surface area contributed by atoms with Crippen LogP contribution in [-0.2, 0) is 0 Å². The van der Waals surface area contributed by atoms with E-state index in [1.807, 2.05) is 0 Å². The summed E-state index contributed by atoms with van der Waals surface area (Å²) in [7, 11) is 0. The standard InChI is InChI=1S/C30H18O16/c1-5(31)7-3-9(33)19(35)21(37)11(7)13-17-15-16-18(30(44)46-27(15)25(41)23(13)39)14(24(40)26(42)28(16)45-29(17)43)12-8(6(2)32)4-10(34)20(36)22(12)38/h3-4,33-42H,1-2H3. The molecule has 46 heavy (non-hydrogen) atoms. The fourth-order valence-electron chi connectivity index (χ4n) is 5.61. The zero-order valence-electron chi connectivity index (χ0n) is 23.1. The van der Waals surface area contributed by atoms with Crippen molar-refractivity contribution in [3.8, 4) is 79.7 Å². The lowest BCUT2D eigenvalue weighted by Gasteiger charge is -2.20. The SMILES string of the molecule is CC(=O)c1cc(O)c(O)c(O)c1-c1c(O)c(O)c2oc(=O)c3c(-c4c(C(C)=O)cc(O)c(O)c4O)c(O)c(O)c4oc(=O)c1c2c43. The second kappa shape index (κ2) is 9.33. The minimum Gasteiger partial charge on any atom is -0.504 e. The molecule has 16 nitrogen and oxygen atoms in total. The van der Waals surface area contributed by atoms with Gasteiger partial charge in [0, 0.05) is 44.2 Å². The summed E-state index contributed by atoms with van der Waals surface area (Å²) >= 11 is 0. The van der Waals surface area contributed by atoms with Crippen LogP contribution >= 0.6 is 0 Å². The van der Waals surface area contributed by atoms with Crippen molar-refractivity contribution in [1.82, 2.24) is 0 Å². The van der Waals surface area contributed by atoms with Gasteiger partial charge in [-0.15, -0.1) is 0 Å². The van der Waals surface area contributed by atoms with Crippen LogP contribution in [0.5, 0.6) is 57.5 Å². The average molecular weight is 634 g/mol. The molecule has 16 heteroatoms. The van der Waals surface area contributed by atoms with E-state index in [-0.39, 0.29) is 0 Å². The van der Waals surface area contributed by atoms with Gasteiger partial charge >= 0.3 is 11.3 Å². The Morgan fingerprint density at radius 3 is 1.07 bits per heavy atom. The first-order chi connectivity index (χ1) is 21.5. The lowest BCUT2D eigenvalue weighted by atomic mass is 9.87. The quantitative estimate of drug-likeness (QED) is 0.0575. The first-order valence-electron chi connectivity index (χ1n) is 12.8. The number of carbonyl (C=O) groups excluding carboxylic acids is 2. The van der Waals surface area contributed by atoms with Crippen molar-refractivity contribution < 1.29 is 69.5 Å². The van der Waals surface area contributed by atoms with Gasteiger partial charge in [-0.3, -0.25) is 9.59 Å². The Hall–Kier alpha value is -6.84. The number of ketones is 2. The molecule has 6 rings (SSSR count). The van der Waals surface area contributed by atoms with E-state index in [0.717, 1.165) is 13.8 Å². The molecule has 0 aliphatic rings. The van der Waals surface area contributed by atoms with Gasteiger partial charge in [0.2, 0.25) is 23.0 Å².